The van der Waals surface area contributed by atoms with E-state index in [4.69, 9.17) is 33.2 Å². The average molecular weight is 712 g/mol. The van der Waals surface area contributed by atoms with Gasteiger partial charge in [-0.2, -0.15) is 0 Å². The van der Waals surface area contributed by atoms with Gasteiger partial charge in [-0.05, 0) is 84.9 Å². The molecule has 0 radical (unpaired) electrons. The minimum absolute atomic E-state index is 0.432. The maximum Gasteiger partial charge on any atom is 0.336 e. The molecule has 0 saturated carbocycles. The summed E-state index contributed by atoms with van der Waals surface area (Å²) in [5, 5.41) is 6.78. The quantitative estimate of drug-likeness (QED) is 0.0962. The van der Waals surface area contributed by atoms with Gasteiger partial charge in [-0.1, -0.05) is 73.1 Å². The van der Waals surface area contributed by atoms with Crippen LogP contribution in [-0.2, 0) is 0 Å². The molecule has 0 bridgehead atoms. The van der Waals surface area contributed by atoms with Crippen molar-refractivity contribution >= 4 is 106 Å². The van der Waals surface area contributed by atoms with Gasteiger partial charge in [0.2, 0.25) is 0 Å². The zero-order chi connectivity index (χ0) is 33.4. The molecule has 0 aliphatic heterocycles. The number of nitrogens with zero attached hydrogens (tertiary/aromatic N) is 4. The van der Waals surface area contributed by atoms with Crippen LogP contribution in [0, 0.1) is 0 Å². The van der Waals surface area contributed by atoms with Gasteiger partial charge in [0.25, 0.3) is 0 Å². The summed E-state index contributed by atoms with van der Waals surface area (Å²) in [5.74, 6) is 1.25. The summed E-state index contributed by atoms with van der Waals surface area (Å²) in [6.07, 6.45) is 0. The molecule has 0 unspecified atom stereocenters. The van der Waals surface area contributed by atoms with Crippen molar-refractivity contribution in [2.24, 2.45) is 0 Å². The van der Waals surface area contributed by atoms with E-state index in [0.29, 0.717) is 55.5 Å². The SMILES string of the molecule is O=C(Nc1ccc2[nH]c(-c3ccccc3-c3nc4cc(N(S)C(=O)Nc5ccc(Cl)cc5)ccc4[nH]3)nc2c1)N(S)c1ccc(Cl)cc1. The number of amides is 4. The molecule has 10 nitrogen and oxygen atoms in total. The Labute approximate surface area is 295 Å². The van der Waals surface area contributed by atoms with E-state index >= 15 is 0 Å². The van der Waals surface area contributed by atoms with E-state index < -0.39 is 12.1 Å². The Bertz CT molecular complexity index is 2310. The molecule has 14 heteroatoms. The topological polar surface area (TPSA) is 122 Å². The summed E-state index contributed by atoms with van der Waals surface area (Å²) in [7, 11) is 0. The van der Waals surface area contributed by atoms with Crippen molar-refractivity contribution in [3.63, 3.8) is 0 Å². The lowest BCUT2D eigenvalue weighted by Crippen LogP contribution is -2.26. The molecule has 238 valence electrons. The van der Waals surface area contributed by atoms with Crippen LogP contribution in [0.15, 0.2) is 109 Å². The van der Waals surface area contributed by atoms with Gasteiger partial charge in [-0.15, -0.1) is 0 Å². The third kappa shape index (κ3) is 6.51. The summed E-state index contributed by atoms with van der Waals surface area (Å²) in [6, 6.07) is 31.3. The highest BCUT2D eigenvalue weighted by Crippen LogP contribution is 2.33. The number of aromatic nitrogens is 4. The number of aromatic amines is 2. The molecule has 7 aromatic rings. The van der Waals surface area contributed by atoms with E-state index in [0.717, 1.165) is 22.2 Å². The minimum atomic E-state index is -0.433. The number of imidazole rings is 2. The van der Waals surface area contributed by atoms with Crippen molar-refractivity contribution in [2.45, 2.75) is 0 Å². The second-order valence-corrected chi connectivity index (χ2v) is 12.3. The number of hydrogen-bond donors (Lipinski definition) is 6. The van der Waals surface area contributed by atoms with Crippen LogP contribution in [0.3, 0.4) is 0 Å². The molecule has 0 aliphatic rings. The molecule has 2 aromatic heterocycles. The molecular formula is C34H24Cl2N8O2S2. The first-order valence-electron chi connectivity index (χ1n) is 14.4. The fourth-order valence-electron chi connectivity index (χ4n) is 5.06. The van der Waals surface area contributed by atoms with Gasteiger partial charge in [-0.25, -0.2) is 28.2 Å². The number of halogens is 2. The second kappa shape index (κ2) is 13.2. The second-order valence-electron chi connectivity index (χ2n) is 10.6. The molecule has 5 aromatic carbocycles. The number of carbonyl (C=O) groups excluding carboxylic acids is 2. The van der Waals surface area contributed by atoms with Crippen LogP contribution < -0.4 is 19.2 Å². The minimum Gasteiger partial charge on any atom is -0.338 e. The molecule has 0 fully saturated rings. The number of rotatable bonds is 6. The zero-order valence-electron chi connectivity index (χ0n) is 24.6. The number of carbonyl (C=O) groups is 2. The molecule has 0 saturated heterocycles. The van der Waals surface area contributed by atoms with Gasteiger partial charge in [0.1, 0.15) is 11.6 Å². The van der Waals surface area contributed by atoms with E-state index in [1.165, 1.54) is 8.61 Å². The first-order chi connectivity index (χ1) is 23.2. The van der Waals surface area contributed by atoms with Crippen molar-refractivity contribution in [2.75, 3.05) is 19.2 Å². The van der Waals surface area contributed by atoms with Crippen molar-refractivity contribution < 1.29 is 9.59 Å². The molecule has 0 aliphatic carbocycles. The molecule has 48 heavy (non-hydrogen) atoms. The number of hydrogen-bond acceptors (Lipinski definition) is 6. The average Bonchev–Trinajstić information content (AvgIpc) is 3.73. The number of anilines is 4. The molecule has 4 amide bonds. The first kappa shape index (κ1) is 31.5. The van der Waals surface area contributed by atoms with Gasteiger partial charge in [0.15, 0.2) is 0 Å². The highest BCUT2D eigenvalue weighted by atomic mass is 35.5. The third-order valence-electron chi connectivity index (χ3n) is 7.43. The fourth-order valence-corrected chi connectivity index (χ4v) is 5.67. The van der Waals surface area contributed by atoms with Crippen molar-refractivity contribution in [3.05, 3.63) is 119 Å². The number of benzene rings is 5. The van der Waals surface area contributed by atoms with Crippen molar-refractivity contribution in [1.82, 2.24) is 19.9 Å². The maximum atomic E-state index is 12.8. The van der Waals surface area contributed by atoms with Crippen LogP contribution in [0.2, 0.25) is 10.0 Å². The maximum absolute atomic E-state index is 12.8. The molecule has 0 atom stereocenters. The van der Waals surface area contributed by atoms with Crippen LogP contribution in [0.1, 0.15) is 0 Å². The molecule has 4 N–H and O–H groups in total. The fraction of sp³-hybridized carbons (Fsp3) is 0. The van der Waals surface area contributed by atoms with Crippen molar-refractivity contribution in [3.8, 4) is 22.8 Å². The van der Waals surface area contributed by atoms with E-state index in [9.17, 15) is 9.59 Å². The Morgan fingerprint density at radius 1 is 0.583 bits per heavy atom. The summed E-state index contributed by atoms with van der Waals surface area (Å²) in [6.45, 7) is 0. The van der Waals surface area contributed by atoms with Crippen molar-refractivity contribution in [1.29, 1.82) is 0 Å². The largest absolute Gasteiger partial charge is 0.338 e. The number of thiol groups is 2. The molecule has 7 rings (SSSR count). The smallest absolute Gasteiger partial charge is 0.336 e. The number of urea groups is 2. The van der Waals surface area contributed by atoms with E-state index in [1.54, 1.807) is 72.8 Å². The standard InChI is InChI=1S/C34H24Cl2N8O2S2/c35-19-5-9-21(10-6-19)37-33(45)44(48)24-14-16-28-30(18-24)42-32(40-28)26-4-2-1-3-25(26)31-39-27-15-11-22(17-29(27)41-31)38-34(46)43(47)23-12-7-20(36)8-13-23/h1-18,47-48H,(H,37,45)(H,38,46)(H,39,41)(H,40,42). The predicted octanol–water partition coefficient (Wildman–Crippen LogP) is 9.85. The summed E-state index contributed by atoms with van der Waals surface area (Å²) >= 11 is 20.7. The molecular weight excluding hydrogens is 687 g/mol. The van der Waals surface area contributed by atoms with Crippen LogP contribution in [0.5, 0.6) is 0 Å². The van der Waals surface area contributed by atoms with E-state index in [2.05, 4.69) is 46.2 Å². The summed E-state index contributed by atoms with van der Waals surface area (Å²) in [4.78, 5) is 42.1. The van der Waals surface area contributed by atoms with Gasteiger partial charge in [0, 0.05) is 32.5 Å². The lowest BCUT2D eigenvalue weighted by molar-refractivity contribution is 0.259. The van der Waals surface area contributed by atoms with Crippen LogP contribution in [0.25, 0.3) is 44.8 Å². The lowest BCUT2D eigenvalue weighted by atomic mass is 10.1. The summed E-state index contributed by atoms with van der Waals surface area (Å²) < 4.78 is 2.42. The number of nitrogens with one attached hydrogen (secondary N) is 4. The lowest BCUT2D eigenvalue weighted by Gasteiger charge is -2.16. The van der Waals surface area contributed by atoms with Crippen LogP contribution in [0.4, 0.5) is 32.3 Å². The Balaban J connectivity index is 1.12. The van der Waals surface area contributed by atoms with Gasteiger partial charge < -0.3 is 20.6 Å². The first-order valence-corrected chi connectivity index (χ1v) is 16.0. The highest BCUT2D eigenvalue weighted by Gasteiger charge is 2.18. The normalized spacial score (nSPS) is 11.1. The number of H-pyrrole nitrogens is 2. The Morgan fingerprint density at radius 3 is 1.65 bits per heavy atom. The van der Waals surface area contributed by atoms with Crippen LogP contribution >= 0.6 is 48.8 Å². The van der Waals surface area contributed by atoms with Crippen LogP contribution in [-0.4, -0.2) is 32.0 Å². The van der Waals surface area contributed by atoms with E-state index in [1.807, 2.05) is 36.4 Å². The zero-order valence-corrected chi connectivity index (χ0v) is 27.9. The van der Waals surface area contributed by atoms with Gasteiger partial charge in [-0.3, -0.25) is 0 Å². The van der Waals surface area contributed by atoms with E-state index in [-0.39, 0.29) is 0 Å². The Morgan fingerprint density at radius 2 is 1.04 bits per heavy atom. The molecule has 2 heterocycles. The van der Waals surface area contributed by atoms with Gasteiger partial charge >= 0.3 is 12.1 Å². The Hall–Kier alpha value is -5.14. The summed E-state index contributed by atoms with van der Waals surface area (Å²) in [5.41, 5.74) is 6.78. The van der Waals surface area contributed by atoms with Gasteiger partial charge in [0.05, 0.1) is 33.4 Å². The molecule has 0 spiro atoms. The third-order valence-corrected chi connectivity index (χ3v) is 8.76. The monoisotopic (exact) mass is 710 g/mol. The predicted molar refractivity (Wildman–Crippen MR) is 200 cm³/mol. The Kier molecular flexibility index (Phi) is 8.63. The number of fused-ring (bicyclic) bond motifs is 2. The highest BCUT2D eigenvalue weighted by molar-refractivity contribution is 7.83.